The van der Waals surface area contributed by atoms with Gasteiger partial charge in [-0.1, -0.05) is 23.2 Å². The summed E-state index contributed by atoms with van der Waals surface area (Å²) in [6.45, 7) is 0. The molecule has 21 heavy (non-hydrogen) atoms. The molecule has 0 N–H and O–H groups in total. The number of halogens is 2. The van der Waals surface area contributed by atoms with E-state index in [1.165, 1.54) is 4.90 Å². The highest BCUT2D eigenvalue weighted by Crippen LogP contribution is 2.44. The van der Waals surface area contributed by atoms with Crippen molar-refractivity contribution in [2.75, 3.05) is 16.4 Å². The highest BCUT2D eigenvalue weighted by Gasteiger charge is 2.44. The molecule has 2 heterocycles. The fourth-order valence-corrected chi connectivity index (χ4v) is 4.94. The number of nitrogens with zero attached hydrogens (tertiary/aromatic N) is 1. The lowest BCUT2D eigenvalue weighted by Crippen LogP contribution is -2.49. The van der Waals surface area contributed by atoms with E-state index in [-0.39, 0.29) is 17.2 Å². The summed E-state index contributed by atoms with van der Waals surface area (Å²) in [5.41, 5.74) is 0.330. The van der Waals surface area contributed by atoms with E-state index >= 15 is 0 Å². The second kappa shape index (κ2) is 5.82. The molecule has 2 fully saturated rings. The third-order valence-corrected chi connectivity index (χ3v) is 5.89. The van der Waals surface area contributed by atoms with Crippen LogP contribution in [0.2, 0.25) is 10.0 Å². The second-order valence-corrected chi connectivity index (χ2v) is 7.74. The van der Waals surface area contributed by atoms with E-state index in [0.717, 1.165) is 24.3 Å². The summed E-state index contributed by atoms with van der Waals surface area (Å²) in [4.78, 5) is 26.3. The number of thioether (sulfide) groups is 1. The van der Waals surface area contributed by atoms with E-state index in [0.29, 0.717) is 28.6 Å². The van der Waals surface area contributed by atoms with Gasteiger partial charge in [0, 0.05) is 22.9 Å². The molecule has 0 aromatic heterocycles. The van der Waals surface area contributed by atoms with E-state index in [4.69, 9.17) is 23.2 Å². The Morgan fingerprint density at radius 2 is 1.67 bits per heavy atom. The molecule has 0 aliphatic carbocycles. The summed E-state index contributed by atoms with van der Waals surface area (Å²) >= 11 is 13.8. The molecule has 3 nitrogen and oxygen atoms in total. The topological polar surface area (TPSA) is 37.4 Å². The summed E-state index contributed by atoms with van der Waals surface area (Å²) in [7, 11) is 0. The van der Waals surface area contributed by atoms with Crippen molar-refractivity contribution >= 4 is 52.5 Å². The number of carbonyl (C=O) groups is 2. The van der Waals surface area contributed by atoms with Crippen LogP contribution in [0.3, 0.4) is 0 Å². The molecule has 3 rings (SSSR count). The van der Waals surface area contributed by atoms with Crippen molar-refractivity contribution in [3.05, 3.63) is 28.2 Å². The molecule has 0 atom stereocenters. The minimum Gasteiger partial charge on any atom is -0.274 e. The van der Waals surface area contributed by atoms with Crippen LogP contribution in [0.25, 0.3) is 0 Å². The monoisotopic (exact) mass is 343 g/mol. The van der Waals surface area contributed by atoms with Crippen LogP contribution >= 0.6 is 35.0 Å². The fraction of sp³-hybridized carbons (Fsp3) is 0.467. The normalized spacial score (nSPS) is 21.9. The van der Waals surface area contributed by atoms with Gasteiger partial charge in [-0.25, -0.2) is 0 Å². The van der Waals surface area contributed by atoms with E-state index < -0.39 is 0 Å². The zero-order chi connectivity index (χ0) is 15.0. The average Bonchev–Trinajstić information content (AvgIpc) is 2.37. The predicted octanol–water partition coefficient (Wildman–Crippen LogP) is 4.16. The Morgan fingerprint density at radius 3 is 2.19 bits per heavy atom. The van der Waals surface area contributed by atoms with E-state index in [1.54, 1.807) is 18.2 Å². The number of carbonyl (C=O) groups excluding carboxylic acids is 2. The van der Waals surface area contributed by atoms with Gasteiger partial charge in [-0.3, -0.25) is 14.5 Å². The summed E-state index contributed by atoms with van der Waals surface area (Å²) in [6, 6.07) is 4.80. The number of imide groups is 1. The van der Waals surface area contributed by atoms with Crippen molar-refractivity contribution in [3.8, 4) is 0 Å². The number of benzene rings is 1. The molecule has 1 spiro atoms. The van der Waals surface area contributed by atoms with Gasteiger partial charge in [0.05, 0.1) is 5.69 Å². The molecule has 0 saturated carbocycles. The zero-order valence-corrected chi connectivity index (χ0v) is 13.7. The van der Waals surface area contributed by atoms with Crippen LogP contribution < -0.4 is 4.90 Å². The Balaban J connectivity index is 1.88. The standard InChI is InChI=1S/C15H15Cl2NO2S/c16-10-4-11(17)6-12(5-10)18-13(19)7-15(8-14(18)20)2-1-3-21-9-15/h4-6H,1-3,7-9H2. The molecule has 112 valence electrons. The van der Waals surface area contributed by atoms with Gasteiger partial charge in [0.15, 0.2) is 0 Å². The molecule has 2 saturated heterocycles. The predicted molar refractivity (Wildman–Crippen MR) is 87.2 cm³/mol. The van der Waals surface area contributed by atoms with Crippen molar-refractivity contribution < 1.29 is 9.59 Å². The first-order valence-electron chi connectivity index (χ1n) is 6.89. The Labute approximate surface area is 138 Å². The quantitative estimate of drug-likeness (QED) is 0.718. The van der Waals surface area contributed by atoms with Crippen LogP contribution in [-0.4, -0.2) is 23.3 Å². The van der Waals surface area contributed by atoms with Crippen LogP contribution in [0.5, 0.6) is 0 Å². The van der Waals surface area contributed by atoms with E-state index in [1.807, 2.05) is 11.8 Å². The molecular weight excluding hydrogens is 329 g/mol. The Bertz CT molecular complexity index is 559. The maximum atomic E-state index is 12.5. The number of hydrogen-bond acceptors (Lipinski definition) is 3. The van der Waals surface area contributed by atoms with Crippen molar-refractivity contribution in [3.63, 3.8) is 0 Å². The molecule has 6 heteroatoms. The van der Waals surface area contributed by atoms with Gasteiger partial charge in [-0.15, -0.1) is 0 Å². The van der Waals surface area contributed by atoms with Gasteiger partial charge in [0.2, 0.25) is 11.8 Å². The Hall–Kier alpha value is -0.710. The smallest absolute Gasteiger partial charge is 0.234 e. The Kier molecular flexibility index (Phi) is 4.21. The maximum Gasteiger partial charge on any atom is 0.234 e. The largest absolute Gasteiger partial charge is 0.274 e. The molecule has 0 bridgehead atoms. The number of piperidine rings is 1. The zero-order valence-electron chi connectivity index (χ0n) is 11.4. The van der Waals surface area contributed by atoms with Crippen molar-refractivity contribution in [2.24, 2.45) is 5.41 Å². The van der Waals surface area contributed by atoms with E-state index in [9.17, 15) is 9.59 Å². The molecule has 1 aromatic rings. The van der Waals surface area contributed by atoms with Gasteiger partial charge in [-0.05, 0) is 48.0 Å². The summed E-state index contributed by atoms with van der Waals surface area (Å²) in [5, 5.41) is 0.846. The summed E-state index contributed by atoms with van der Waals surface area (Å²) in [6.07, 6.45) is 2.89. The number of anilines is 1. The van der Waals surface area contributed by atoms with Gasteiger partial charge < -0.3 is 0 Å². The molecule has 0 radical (unpaired) electrons. The molecular formula is C15H15Cl2NO2S. The lowest BCUT2D eigenvalue weighted by atomic mass is 9.75. The van der Waals surface area contributed by atoms with Crippen LogP contribution in [0.4, 0.5) is 5.69 Å². The van der Waals surface area contributed by atoms with Crippen molar-refractivity contribution in [1.29, 1.82) is 0 Å². The first-order chi connectivity index (χ1) is 9.99. The molecule has 2 aliphatic rings. The number of amides is 2. The lowest BCUT2D eigenvalue weighted by molar-refractivity contribution is -0.133. The van der Waals surface area contributed by atoms with Gasteiger partial charge in [0.25, 0.3) is 0 Å². The maximum absolute atomic E-state index is 12.5. The highest BCUT2D eigenvalue weighted by molar-refractivity contribution is 7.99. The SMILES string of the molecule is O=C1CC2(CCCSC2)CC(=O)N1c1cc(Cl)cc(Cl)c1. The van der Waals surface area contributed by atoms with Crippen LogP contribution in [0.15, 0.2) is 18.2 Å². The van der Waals surface area contributed by atoms with Gasteiger partial charge in [0.1, 0.15) is 0 Å². The first kappa shape index (κ1) is 15.2. The molecule has 2 aliphatic heterocycles. The summed E-state index contributed by atoms with van der Waals surface area (Å²) in [5.74, 6) is 1.73. The van der Waals surface area contributed by atoms with E-state index in [2.05, 4.69) is 0 Å². The third-order valence-electron chi connectivity index (χ3n) is 4.06. The van der Waals surface area contributed by atoms with Gasteiger partial charge >= 0.3 is 0 Å². The minimum absolute atomic E-state index is 0.143. The average molecular weight is 344 g/mol. The number of hydrogen-bond donors (Lipinski definition) is 0. The second-order valence-electron chi connectivity index (χ2n) is 5.76. The lowest BCUT2D eigenvalue weighted by Gasteiger charge is -2.42. The molecule has 0 unspecified atom stereocenters. The van der Waals surface area contributed by atoms with Crippen molar-refractivity contribution in [2.45, 2.75) is 25.7 Å². The van der Waals surface area contributed by atoms with Crippen LogP contribution in [0, 0.1) is 5.41 Å². The minimum atomic E-state index is -0.146. The Morgan fingerprint density at radius 1 is 1.05 bits per heavy atom. The molecule has 2 amide bonds. The third kappa shape index (κ3) is 3.08. The van der Waals surface area contributed by atoms with Gasteiger partial charge in [-0.2, -0.15) is 11.8 Å². The molecule has 1 aromatic carbocycles. The fourth-order valence-electron chi connectivity index (χ4n) is 3.15. The van der Waals surface area contributed by atoms with Crippen LogP contribution in [-0.2, 0) is 9.59 Å². The first-order valence-corrected chi connectivity index (χ1v) is 8.80. The highest BCUT2D eigenvalue weighted by atomic mass is 35.5. The summed E-state index contributed by atoms with van der Waals surface area (Å²) < 4.78 is 0. The number of rotatable bonds is 1. The van der Waals surface area contributed by atoms with Crippen LogP contribution in [0.1, 0.15) is 25.7 Å². The van der Waals surface area contributed by atoms with Crippen molar-refractivity contribution in [1.82, 2.24) is 0 Å².